The van der Waals surface area contributed by atoms with Gasteiger partial charge in [0.15, 0.2) is 17.5 Å². The third-order valence-electron chi connectivity index (χ3n) is 11.1. The van der Waals surface area contributed by atoms with Crippen molar-refractivity contribution in [2.75, 3.05) is 0 Å². The Balaban J connectivity index is 1.10. The van der Waals surface area contributed by atoms with Crippen molar-refractivity contribution >= 4 is 65.6 Å². The van der Waals surface area contributed by atoms with Crippen LogP contribution in [0.4, 0.5) is 0 Å². The molecule has 0 bridgehead atoms. The molecule has 6 heteroatoms. The minimum atomic E-state index is 0.518. The summed E-state index contributed by atoms with van der Waals surface area (Å²) in [7, 11) is 0. The average molecular weight is 731 g/mol. The lowest BCUT2D eigenvalue weighted by Crippen LogP contribution is -2.00. The zero-order valence-electron chi connectivity index (χ0n) is 30.4. The summed E-state index contributed by atoms with van der Waals surface area (Å²) >= 11 is 0. The fraction of sp³-hybridized carbons (Fsp3) is 0. The highest BCUT2D eigenvalue weighted by Gasteiger charge is 2.21. The lowest BCUT2D eigenvalue weighted by Gasteiger charge is -2.10. The standard InChI is InChI=1S/C51H30N4O2/c1-2-16-34(17-3-1)55-30-42(46-35-18-5-4-13-31(35)27-28-43(46)55)32-14-10-15-33(29-32)49-52-50(40-23-11-21-38-36-19-6-8-25-44(36)56-47(38)40)54-51(53-49)41-24-12-22-39-37-20-7-9-26-45(37)57-48(39)41/h1-30H. The molecule has 0 amide bonds. The highest BCUT2D eigenvalue weighted by atomic mass is 16.3. The van der Waals surface area contributed by atoms with Gasteiger partial charge in [0.25, 0.3) is 0 Å². The molecule has 6 nitrogen and oxygen atoms in total. The first-order valence-corrected chi connectivity index (χ1v) is 19.0. The molecule has 57 heavy (non-hydrogen) atoms. The summed E-state index contributed by atoms with van der Waals surface area (Å²) in [5.41, 5.74) is 9.98. The number of hydrogen-bond acceptors (Lipinski definition) is 5. The van der Waals surface area contributed by atoms with E-state index in [2.05, 4.69) is 126 Å². The average Bonchev–Trinajstić information content (AvgIpc) is 3.99. The van der Waals surface area contributed by atoms with Crippen molar-refractivity contribution in [3.63, 3.8) is 0 Å². The predicted octanol–water partition coefficient (Wildman–Crippen LogP) is 13.4. The summed E-state index contributed by atoms with van der Waals surface area (Å²) in [6.07, 6.45) is 2.25. The van der Waals surface area contributed by atoms with Gasteiger partial charge in [0.2, 0.25) is 0 Å². The molecule has 12 aromatic rings. The third-order valence-corrected chi connectivity index (χ3v) is 11.1. The van der Waals surface area contributed by atoms with E-state index in [9.17, 15) is 0 Å². The molecule has 4 heterocycles. The van der Waals surface area contributed by atoms with E-state index in [1.165, 1.54) is 16.2 Å². The second-order valence-electron chi connectivity index (χ2n) is 14.4. The van der Waals surface area contributed by atoms with Crippen molar-refractivity contribution in [1.82, 2.24) is 19.5 Å². The van der Waals surface area contributed by atoms with E-state index in [-0.39, 0.29) is 0 Å². The summed E-state index contributed by atoms with van der Waals surface area (Å²) in [6, 6.07) is 60.5. The van der Waals surface area contributed by atoms with E-state index in [1.807, 2.05) is 60.7 Å². The Morgan fingerprint density at radius 3 is 1.61 bits per heavy atom. The van der Waals surface area contributed by atoms with Gasteiger partial charge in [-0.05, 0) is 64.9 Å². The van der Waals surface area contributed by atoms with Gasteiger partial charge in [-0.1, -0.05) is 127 Å². The molecule has 0 saturated heterocycles. The second kappa shape index (κ2) is 12.3. The first-order valence-electron chi connectivity index (χ1n) is 19.0. The number of hydrogen-bond donors (Lipinski definition) is 0. The van der Waals surface area contributed by atoms with Gasteiger partial charge in [-0.15, -0.1) is 0 Å². The van der Waals surface area contributed by atoms with E-state index >= 15 is 0 Å². The lowest BCUT2D eigenvalue weighted by molar-refractivity contribution is 0.669. The molecule has 0 N–H and O–H groups in total. The second-order valence-corrected chi connectivity index (χ2v) is 14.4. The number of nitrogens with zero attached hydrogens (tertiary/aromatic N) is 4. The molecule has 0 saturated carbocycles. The highest BCUT2D eigenvalue weighted by molar-refractivity contribution is 6.15. The van der Waals surface area contributed by atoms with Crippen LogP contribution < -0.4 is 0 Å². The molecule has 12 rings (SSSR count). The first kappa shape index (κ1) is 31.5. The molecule has 0 spiro atoms. The van der Waals surface area contributed by atoms with Gasteiger partial charge in [-0.3, -0.25) is 0 Å². The van der Waals surface area contributed by atoms with Crippen LogP contribution in [0.1, 0.15) is 0 Å². The Labute approximate surface area is 325 Å². The molecule has 8 aromatic carbocycles. The van der Waals surface area contributed by atoms with Crippen LogP contribution in [0, 0.1) is 0 Å². The van der Waals surface area contributed by atoms with Crippen molar-refractivity contribution in [3.05, 3.63) is 182 Å². The van der Waals surface area contributed by atoms with Crippen LogP contribution in [0.3, 0.4) is 0 Å². The van der Waals surface area contributed by atoms with E-state index in [4.69, 9.17) is 23.8 Å². The summed E-state index contributed by atoms with van der Waals surface area (Å²) in [5.74, 6) is 1.59. The van der Waals surface area contributed by atoms with Crippen molar-refractivity contribution in [2.45, 2.75) is 0 Å². The molecule has 0 aliphatic rings. The van der Waals surface area contributed by atoms with Gasteiger partial charge >= 0.3 is 0 Å². The van der Waals surface area contributed by atoms with Gasteiger partial charge in [-0.2, -0.15) is 0 Å². The number of fused-ring (bicyclic) bond motifs is 9. The van der Waals surface area contributed by atoms with Crippen LogP contribution in [-0.2, 0) is 0 Å². The van der Waals surface area contributed by atoms with E-state index in [0.717, 1.165) is 82.9 Å². The number of para-hydroxylation sites is 5. The quantitative estimate of drug-likeness (QED) is 0.176. The van der Waals surface area contributed by atoms with Gasteiger partial charge < -0.3 is 13.4 Å². The van der Waals surface area contributed by atoms with Gasteiger partial charge in [0.1, 0.15) is 22.3 Å². The molecule has 0 atom stereocenters. The van der Waals surface area contributed by atoms with Gasteiger partial charge in [0.05, 0.1) is 16.6 Å². The summed E-state index contributed by atoms with van der Waals surface area (Å²) in [6.45, 7) is 0. The summed E-state index contributed by atoms with van der Waals surface area (Å²) in [4.78, 5) is 15.6. The Morgan fingerprint density at radius 1 is 0.386 bits per heavy atom. The minimum Gasteiger partial charge on any atom is -0.455 e. The van der Waals surface area contributed by atoms with Gasteiger partial charge in [-0.25, -0.2) is 15.0 Å². The Kier molecular flexibility index (Phi) is 6.83. The number of rotatable bonds is 5. The molecule has 0 unspecified atom stereocenters. The molecule has 0 fully saturated rings. The van der Waals surface area contributed by atoms with Crippen LogP contribution in [0.15, 0.2) is 191 Å². The summed E-state index contributed by atoms with van der Waals surface area (Å²) in [5, 5.41) is 7.70. The minimum absolute atomic E-state index is 0.518. The monoisotopic (exact) mass is 730 g/mol. The fourth-order valence-electron chi connectivity index (χ4n) is 8.45. The van der Waals surface area contributed by atoms with Crippen LogP contribution in [0.5, 0.6) is 0 Å². The topological polar surface area (TPSA) is 69.9 Å². The maximum absolute atomic E-state index is 6.51. The number of aromatic nitrogens is 4. The largest absolute Gasteiger partial charge is 0.455 e. The first-order chi connectivity index (χ1) is 28.2. The van der Waals surface area contributed by atoms with Crippen LogP contribution >= 0.6 is 0 Å². The normalized spacial score (nSPS) is 11.9. The zero-order chi connectivity index (χ0) is 37.5. The zero-order valence-corrected chi connectivity index (χ0v) is 30.4. The molecule has 266 valence electrons. The van der Waals surface area contributed by atoms with Crippen molar-refractivity contribution in [1.29, 1.82) is 0 Å². The molecule has 0 aliphatic heterocycles. The van der Waals surface area contributed by atoms with E-state index in [1.54, 1.807) is 0 Å². The Morgan fingerprint density at radius 2 is 0.930 bits per heavy atom. The van der Waals surface area contributed by atoms with E-state index < -0.39 is 0 Å². The maximum Gasteiger partial charge on any atom is 0.167 e. The van der Waals surface area contributed by atoms with Gasteiger partial charge in [0, 0.05) is 49.9 Å². The van der Waals surface area contributed by atoms with Crippen molar-refractivity contribution < 1.29 is 8.83 Å². The lowest BCUT2D eigenvalue weighted by atomic mass is 9.98. The Bertz CT molecular complexity index is 3410. The maximum atomic E-state index is 6.51. The molecule has 0 radical (unpaired) electrons. The number of furan rings is 2. The molecular formula is C51H30N4O2. The predicted molar refractivity (Wildman–Crippen MR) is 230 cm³/mol. The SMILES string of the molecule is c1ccc(-n2cc(-c3cccc(-c4nc(-c5cccc6c5oc5ccccc56)nc(-c5cccc6c5oc5ccccc56)n4)c3)c3c4ccccc4ccc32)cc1. The van der Waals surface area contributed by atoms with Crippen molar-refractivity contribution in [3.8, 4) is 51.0 Å². The van der Waals surface area contributed by atoms with Crippen LogP contribution in [0.2, 0.25) is 0 Å². The fourth-order valence-corrected chi connectivity index (χ4v) is 8.45. The molecule has 4 aromatic heterocycles. The van der Waals surface area contributed by atoms with Crippen molar-refractivity contribution in [2.24, 2.45) is 0 Å². The molecule has 0 aliphatic carbocycles. The molecular weight excluding hydrogens is 701 g/mol. The smallest absolute Gasteiger partial charge is 0.167 e. The highest BCUT2D eigenvalue weighted by Crippen LogP contribution is 2.41. The van der Waals surface area contributed by atoms with E-state index in [0.29, 0.717) is 17.5 Å². The summed E-state index contributed by atoms with van der Waals surface area (Å²) < 4.78 is 15.3. The third kappa shape index (κ3) is 4.94. The Hall–Kier alpha value is -7.83. The number of benzene rings is 8. The van der Waals surface area contributed by atoms with Crippen LogP contribution in [0.25, 0.3) is 117 Å². The van der Waals surface area contributed by atoms with Crippen LogP contribution in [-0.4, -0.2) is 19.5 Å².